The Kier molecular flexibility index (Phi) is 8.01. The highest BCUT2D eigenvalue weighted by molar-refractivity contribution is 5.81. The number of benzene rings is 5. The number of nitrogens with zero attached hydrogens (tertiary/aromatic N) is 2. The van der Waals surface area contributed by atoms with Crippen molar-refractivity contribution >= 4 is 34.1 Å². The maximum absolute atomic E-state index is 2.34. The molecule has 2 heteroatoms. The van der Waals surface area contributed by atoms with Crippen LogP contribution in [0.15, 0.2) is 121 Å². The standard InChI is InChI=1S/C40H44N2/c1-29-9-17-33(18-10-29)41(35-21-13-31(14-22-35)39(3,4)5)37-25-27-38(28-26-37)42(34-19-11-30(2)12-20-34)36-23-15-32(16-24-36)40(6,7)8/h9-28H,1-8H3. The summed E-state index contributed by atoms with van der Waals surface area (Å²) in [5, 5.41) is 0. The third kappa shape index (κ3) is 6.44. The Morgan fingerprint density at radius 2 is 0.500 bits per heavy atom. The van der Waals surface area contributed by atoms with Gasteiger partial charge in [-0.05, 0) is 109 Å². The Morgan fingerprint density at radius 3 is 0.714 bits per heavy atom. The van der Waals surface area contributed by atoms with Crippen molar-refractivity contribution in [1.29, 1.82) is 0 Å². The van der Waals surface area contributed by atoms with Crippen molar-refractivity contribution in [3.63, 3.8) is 0 Å². The molecule has 0 aliphatic heterocycles. The molecule has 214 valence electrons. The van der Waals surface area contributed by atoms with Crippen molar-refractivity contribution in [2.45, 2.75) is 66.2 Å². The Bertz CT molecular complexity index is 1470. The van der Waals surface area contributed by atoms with E-state index in [1.54, 1.807) is 0 Å². The van der Waals surface area contributed by atoms with Crippen molar-refractivity contribution in [1.82, 2.24) is 0 Å². The van der Waals surface area contributed by atoms with Gasteiger partial charge >= 0.3 is 0 Å². The molecule has 0 N–H and O–H groups in total. The first-order chi connectivity index (χ1) is 19.9. The van der Waals surface area contributed by atoms with E-state index in [2.05, 4.69) is 187 Å². The first kappa shape index (κ1) is 29.2. The van der Waals surface area contributed by atoms with Crippen LogP contribution in [0, 0.1) is 13.8 Å². The zero-order valence-corrected chi connectivity index (χ0v) is 26.4. The van der Waals surface area contributed by atoms with Crippen LogP contribution in [0.25, 0.3) is 0 Å². The average molecular weight is 553 g/mol. The van der Waals surface area contributed by atoms with Gasteiger partial charge in [0.1, 0.15) is 0 Å². The zero-order chi connectivity index (χ0) is 30.1. The van der Waals surface area contributed by atoms with Crippen molar-refractivity contribution in [2.24, 2.45) is 0 Å². The predicted molar refractivity (Wildman–Crippen MR) is 183 cm³/mol. The van der Waals surface area contributed by atoms with Gasteiger partial charge in [-0.25, -0.2) is 0 Å². The van der Waals surface area contributed by atoms with Gasteiger partial charge in [0.2, 0.25) is 0 Å². The lowest BCUT2D eigenvalue weighted by Crippen LogP contribution is -2.14. The fourth-order valence-electron chi connectivity index (χ4n) is 5.25. The maximum atomic E-state index is 2.34. The van der Waals surface area contributed by atoms with Crippen molar-refractivity contribution < 1.29 is 0 Å². The summed E-state index contributed by atoms with van der Waals surface area (Å²) in [7, 11) is 0. The second-order valence-electron chi connectivity index (χ2n) is 13.5. The molecule has 0 unspecified atom stereocenters. The van der Waals surface area contributed by atoms with Crippen molar-refractivity contribution in [3.05, 3.63) is 144 Å². The Labute approximate surface area is 253 Å². The molecule has 0 radical (unpaired) electrons. The van der Waals surface area contributed by atoms with Crippen LogP contribution in [0.2, 0.25) is 0 Å². The van der Waals surface area contributed by atoms with E-state index >= 15 is 0 Å². The molecule has 0 heterocycles. The smallest absolute Gasteiger partial charge is 0.0463 e. The van der Waals surface area contributed by atoms with Crippen LogP contribution in [0.4, 0.5) is 34.1 Å². The summed E-state index contributed by atoms with van der Waals surface area (Å²) in [5.74, 6) is 0. The molecule has 2 nitrogen and oxygen atoms in total. The molecule has 5 aromatic rings. The number of hydrogen-bond donors (Lipinski definition) is 0. The van der Waals surface area contributed by atoms with Crippen LogP contribution < -0.4 is 9.80 Å². The van der Waals surface area contributed by atoms with Crippen LogP contribution in [-0.4, -0.2) is 0 Å². The lowest BCUT2D eigenvalue weighted by molar-refractivity contribution is 0.590. The van der Waals surface area contributed by atoms with E-state index in [0.717, 1.165) is 34.1 Å². The minimum absolute atomic E-state index is 0.111. The Balaban J connectivity index is 1.57. The summed E-state index contributed by atoms with van der Waals surface area (Å²) in [4.78, 5) is 4.67. The summed E-state index contributed by atoms with van der Waals surface area (Å²) < 4.78 is 0. The molecule has 0 spiro atoms. The van der Waals surface area contributed by atoms with Crippen LogP contribution in [0.3, 0.4) is 0 Å². The third-order valence-corrected chi connectivity index (χ3v) is 7.93. The van der Waals surface area contributed by atoms with E-state index in [4.69, 9.17) is 0 Å². The summed E-state index contributed by atoms with van der Waals surface area (Å²) in [6.07, 6.45) is 0. The highest BCUT2D eigenvalue weighted by Crippen LogP contribution is 2.40. The van der Waals surface area contributed by atoms with Gasteiger partial charge in [0, 0.05) is 34.1 Å². The van der Waals surface area contributed by atoms with E-state index in [1.807, 2.05) is 0 Å². The molecule has 0 atom stereocenters. The molecule has 0 amide bonds. The molecule has 0 aromatic heterocycles. The van der Waals surface area contributed by atoms with Crippen molar-refractivity contribution in [2.75, 3.05) is 9.80 Å². The maximum Gasteiger partial charge on any atom is 0.0463 e. The minimum Gasteiger partial charge on any atom is -0.311 e. The fourth-order valence-corrected chi connectivity index (χ4v) is 5.25. The fraction of sp³-hybridized carbons (Fsp3) is 0.250. The monoisotopic (exact) mass is 552 g/mol. The van der Waals surface area contributed by atoms with Gasteiger partial charge in [-0.3, -0.25) is 0 Å². The number of anilines is 6. The molecular formula is C40H44N2. The first-order valence-corrected chi connectivity index (χ1v) is 14.9. The van der Waals surface area contributed by atoms with Gasteiger partial charge in [-0.1, -0.05) is 101 Å². The molecule has 42 heavy (non-hydrogen) atoms. The zero-order valence-electron chi connectivity index (χ0n) is 26.4. The van der Waals surface area contributed by atoms with E-state index in [0.29, 0.717) is 0 Å². The molecule has 5 rings (SSSR count). The van der Waals surface area contributed by atoms with E-state index in [1.165, 1.54) is 22.3 Å². The topological polar surface area (TPSA) is 6.48 Å². The van der Waals surface area contributed by atoms with E-state index in [-0.39, 0.29) is 10.8 Å². The Hall–Kier alpha value is -4.30. The highest BCUT2D eigenvalue weighted by atomic mass is 15.2. The molecular weight excluding hydrogens is 508 g/mol. The lowest BCUT2D eigenvalue weighted by atomic mass is 9.87. The number of rotatable bonds is 6. The molecule has 0 aliphatic rings. The third-order valence-electron chi connectivity index (χ3n) is 7.93. The van der Waals surface area contributed by atoms with Gasteiger partial charge in [-0.2, -0.15) is 0 Å². The summed E-state index contributed by atoms with van der Waals surface area (Å²) >= 11 is 0. The molecule has 0 saturated carbocycles. The normalized spacial score (nSPS) is 11.8. The molecule has 0 saturated heterocycles. The number of hydrogen-bond acceptors (Lipinski definition) is 2. The van der Waals surface area contributed by atoms with Crippen LogP contribution in [0.1, 0.15) is 63.8 Å². The van der Waals surface area contributed by atoms with Crippen LogP contribution in [0.5, 0.6) is 0 Å². The quantitative estimate of drug-likeness (QED) is 0.207. The highest BCUT2D eigenvalue weighted by Gasteiger charge is 2.19. The largest absolute Gasteiger partial charge is 0.311 e. The summed E-state index contributed by atoms with van der Waals surface area (Å²) in [5.41, 5.74) is 12.2. The summed E-state index contributed by atoms with van der Waals surface area (Å²) in [6, 6.07) is 44.5. The first-order valence-electron chi connectivity index (χ1n) is 14.9. The average Bonchev–Trinajstić information content (AvgIpc) is 2.96. The van der Waals surface area contributed by atoms with Crippen LogP contribution in [-0.2, 0) is 10.8 Å². The van der Waals surface area contributed by atoms with Crippen molar-refractivity contribution in [3.8, 4) is 0 Å². The minimum atomic E-state index is 0.111. The van der Waals surface area contributed by atoms with Gasteiger partial charge in [0.25, 0.3) is 0 Å². The predicted octanol–water partition coefficient (Wildman–Crippen LogP) is 11.8. The van der Waals surface area contributed by atoms with Gasteiger partial charge in [0.15, 0.2) is 0 Å². The van der Waals surface area contributed by atoms with Gasteiger partial charge in [-0.15, -0.1) is 0 Å². The second-order valence-corrected chi connectivity index (χ2v) is 13.5. The molecule has 0 bridgehead atoms. The lowest BCUT2D eigenvalue weighted by Gasteiger charge is -2.29. The SMILES string of the molecule is Cc1ccc(N(c2ccc(N(c3ccc(C)cc3)c3ccc(C(C)(C)C)cc3)cc2)c2ccc(C(C)(C)C)cc2)cc1. The molecule has 0 fully saturated rings. The number of aryl methyl sites for hydroxylation is 2. The second kappa shape index (κ2) is 11.5. The van der Waals surface area contributed by atoms with Crippen LogP contribution >= 0.6 is 0 Å². The Morgan fingerprint density at radius 1 is 0.310 bits per heavy atom. The molecule has 0 aliphatic carbocycles. The van der Waals surface area contributed by atoms with E-state index < -0.39 is 0 Å². The summed E-state index contributed by atoms with van der Waals surface area (Å²) in [6.45, 7) is 17.8. The molecule has 5 aromatic carbocycles. The van der Waals surface area contributed by atoms with Gasteiger partial charge < -0.3 is 9.80 Å². The van der Waals surface area contributed by atoms with Gasteiger partial charge in [0.05, 0.1) is 0 Å². The van der Waals surface area contributed by atoms with E-state index in [9.17, 15) is 0 Å².